The molecule has 0 spiro atoms. The molecular formula is C63H45N5O. The lowest BCUT2D eigenvalue weighted by atomic mass is 9.73. The zero-order chi connectivity index (χ0) is 54.8. The van der Waals surface area contributed by atoms with Crippen LogP contribution in [0.3, 0.4) is 0 Å². The molecule has 0 amide bonds. The highest BCUT2D eigenvalue weighted by Gasteiger charge is 2.36. The van der Waals surface area contributed by atoms with Gasteiger partial charge in [-0.15, -0.1) is 0 Å². The first-order valence-corrected chi connectivity index (χ1v) is 22.6. The summed E-state index contributed by atoms with van der Waals surface area (Å²) in [5.74, 6) is 1.80. The predicted molar refractivity (Wildman–Crippen MR) is 280 cm³/mol. The highest BCUT2D eigenvalue weighted by Crippen LogP contribution is 2.52. The fourth-order valence-corrected chi connectivity index (χ4v) is 10.1. The monoisotopic (exact) mass is 897 g/mol. The van der Waals surface area contributed by atoms with E-state index in [2.05, 4.69) is 109 Å². The maximum absolute atomic E-state index is 9.06. The van der Waals surface area contributed by atoms with Gasteiger partial charge in [0, 0.05) is 34.5 Å². The Hall–Kier alpha value is -9.00. The van der Waals surface area contributed by atoms with Crippen molar-refractivity contribution >= 4 is 49.9 Å². The van der Waals surface area contributed by atoms with Crippen LogP contribution in [0.1, 0.15) is 38.7 Å². The molecule has 0 atom stereocenters. The van der Waals surface area contributed by atoms with Gasteiger partial charge in [0.1, 0.15) is 17.3 Å². The van der Waals surface area contributed by atoms with Crippen LogP contribution in [0.25, 0.3) is 72.3 Å². The summed E-state index contributed by atoms with van der Waals surface area (Å²) < 4.78 is 99.8. The van der Waals surface area contributed by atoms with Gasteiger partial charge in [0.2, 0.25) is 0 Å². The second kappa shape index (κ2) is 16.1. The Morgan fingerprint density at radius 2 is 1.14 bits per heavy atom. The molecule has 1 aliphatic heterocycles. The first-order valence-electron chi connectivity index (χ1n) is 27.6. The first kappa shape index (κ1) is 31.1. The third kappa shape index (κ3) is 6.63. The molecule has 13 rings (SSSR count). The van der Waals surface area contributed by atoms with Crippen molar-refractivity contribution in [1.82, 2.24) is 14.1 Å². The number of benzene rings is 9. The van der Waals surface area contributed by atoms with E-state index in [1.807, 2.05) is 79.0 Å². The van der Waals surface area contributed by atoms with Gasteiger partial charge in [-0.2, -0.15) is 0 Å². The van der Waals surface area contributed by atoms with E-state index in [1.165, 1.54) is 11.1 Å². The molecule has 0 saturated heterocycles. The van der Waals surface area contributed by atoms with Crippen molar-refractivity contribution in [2.75, 3.05) is 4.90 Å². The lowest BCUT2D eigenvalue weighted by Gasteiger charge is -2.42. The average molecular weight is 898 g/mol. The topological polar surface area (TPSA) is 39.1 Å². The van der Waals surface area contributed by atoms with Gasteiger partial charge >= 0.3 is 0 Å². The molecule has 4 heterocycles. The molecule has 0 radical (unpaired) electrons. The molecule has 0 bridgehead atoms. The van der Waals surface area contributed by atoms with Gasteiger partial charge < -0.3 is 9.64 Å². The second-order valence-electron chi connectivity index (χ2n) is 17.5. The summed E-state index contributed by atoms with van der Waals surface area (Å²) in [5, 5.41) is 2.07. The van der Waals surface area contributed by atoms with E-state index in [9.17, 15) is 0 Å². The number of imidazole rings is 1. The summed E-state index contributed by atoms with van der Waals surface area (Å²) in [6.45, 7) is 4.55. The number of anilines is 3. The molecule has 3 aromatic heterocycles. The number of nitrogens with zero attached hydrogens (tertiary/aromatic N) is 5. The molecule has 6 heteroatoms. The number of hydrogen-bond donors (Lipinski definition) is 0. The van der Waals surface area contributed by atoms with Crippen molar-refractivity contribution in [3.05, 3.63) is 254 Å². The lowest BCUT2D eigenvalue weighted by molar-refractivity contribution is -0.571. The molecule has 9 aromatic carbocycles. The van der Waals surface area contributed by atoms with Crippen LogP contribution >= 0.6 is 0 Å². The number of hydrogen-bond acceptors (Lipinski definition) is 3. The third-order valence-electron chi connectivity index (χ3n) is 13.2. The molecule has 12 aromatic rings. The Bertz CT molecular complexity index is 4350. The predicted octanol–water partition coefficient (Wildman–Crippen LogP) is 15.4. The number of para-hydroxylation sites is 6. The van der Waals surface area contributed by atoms with Crippen LogP contribution < -0.4 is 14.2 Å². The summed E-state index contributed by atoms with van der Waals surface area (Å²) >= 11 is 0. The van der Waals surface area contributed by atoms with Gasteiger partial charge in [0.25, 0.3) is 6.33 Å². The molecule has 0 N–H and O–H groups in total. The standard InChI is InChI=1S/C63H45N5O/c1-63(2)53-28-10-13-31-56(53)67(57-32-14-11-29-54(57)63)46-37-38-64-61(40-46)68-55-30-12-9-25-51(55)52-36-35-48(41-60(52)68)69-47-24-17-23-45(39-47)65-42-66(59-34-16-15-33-58(59)65)62-49(43-19-5-3-6-20-43)26-18-27-50(62)44-21-7-4-8-22-44/h3-41H,1-2H3/i3D,4D,5D,6D,7D,8D,19D,20D,21D,22D. The molecule has 0 saturated carbocycles. The average Bonchev–Trinajstić information content (AvgIpc) is 4.21. The van der Waals surface area contributed by atoms with Gasteiger partial charge in [-0.3, -0.25) is 13.7 Å². The maximum Gasteiger partial charge on any atom is 0.269 e. The van der Waals surface area contributed by atoms with Crippen LogP contribution in [0, 0.1) is 6.33 Å². The van der Waals surface area contributed by atoms with Crippen LogP contribution in [0.15, 0.2) is 236 Å². The zero-order valence-corrected chi connectivity index (χ0v) is 37.4. The Morgan fingerprint density at radius 3 is 1.87 bits per heavy atom. The molecular weight excluding hydrogens is 843 g/mol. The van der Waals surface area contributed by atoms with Crippen LogP contribution in [0.5, 0.6) is 11.5 Å². The summed E-state index contributed by atoms with van der Waals surface area (Å²) in [4.78, 5) is 7.33. The van der Waals surface area contributed by atoms with Gasteiger partial charge in [-0.05, 0) is 88.0 Å². The van der Waals surface area contributed by atoms with Gasteiger partial charge in [-0.25, -0.2) is 4.98 Å². The third-order valence-corrected chi connectivity index (χ3v) is 13.2. The van der Waals surface area contributed by atoms with Crippen LogP contribution in [0.2, 0.25) is 0 Å². The molecule has 6 nitrogen and oxygen atoms in total. The molecule has 328 valence electrons. The first-order chi connectivity index (χ1) is 38.1. The fraction of sp³-hybridized carbons (Fsp3) is 0.0476. The second-order valence-corrected chi connectivity index (χ2v) is 17.5. The summed E-state index contributed by atoms with van der Waals surface area (Å²) in [5.41, 5.74) is 9.35. The van der Waals surface area contributed by atoms with E-state index in [0.717, 1.165) is 44.7 Å². The van der Waals surface area contributed by atoms with Crippen LogP contribution in [0.4, 0.5) is 17.1 Å². The van der Waals surface area contributed by atoms with Crippen molar-refractivity contribution < 1.29 is 23.0 Å². The smallest absolute Gasteiger partial charge is 0.269 e. The van der Waals surface area contributed by atoms with E-state index in [1.54, 1.807) is 27.3 Å². The molecule has 0 unspecified atom stereocenters. The van der Waals surface area contributed by atoms with Crippen molar-refractivity contribution in [3.63, 3.8) is 0 Å². The van der Waals surface area contributed by atoms with Gasteiger partial charge in [-0.1, -0.05) is 177 Å². The Balaban J connectivity index is 0.936. The molecule has 0 fully saturated rings. The van der Waals surface area contributed by atoms with Crippen molar-refractivity contribution in [2.24, 2.45) is 0 Å². The van der Waals surface area contributed by atoms with E-state index >= 15 is 0 Å². The Labute approximate surface area is 414 Å². The van der Waals surface area contributed by atoms with E-state index in [4.69, 9.17) is 23.4 Å². The van der Waals surface area contributed by atoms with Crippen LogP contribution in [-0.2, 0) is 5.41 Å². The highest BCUT2D eigenvalue weighted by atomic mass is 16.5. The normalized spacial score (nSPS) is 14.9. The molecule has 1 aliphatic rings. The van der Waals surface area contributed by atoms with E-state index < -0.39 is 60.4 Å². The zero-order valence-electron chi connectivity index (χ0n) is 47.4. The molecule has 69 heavy (non-hydrogen) atoms. The van der Waals surface area contributed by atoms with Gasteiger partial charge in [0.15, 0.2) is 0 Å². The van der Waals surface area contributed by atoms with Crippen molar-refractivity contribution in [3.8, 4) is 50.9 Å². The number of aromatic nitrogens is 4. The van der Waals surface area contributed by atoms with E-state index in [0.29, 0.717) is 28.2 Å². The molecule has 0 aliphatic carbocycles. The van der Waals surface area contributed by atoms with Crippen molar-refractivity contribution in [2.45, 2.75) is 19.3 Å². The highest BCUT2D eigenvalue weighted by molar-refractivity contribution is 6.09. The van der Waals surface area contributed by atoms with E-state index in [-0.39, 0.29) is 33.4 Å². The minimum atomic E-state index is -0.569. The summed E-state index contributed by atoms with van der Waals surface area (Å²) in [6, 6.07) is 50.0. The SMILES string of the molecule is [2H]c1c([2H])c([2H])c(-c2cccc(-c3c([2H])c([2H])c([2H])c([2H])c3[2H])c2-[n+]2[c-]n(-c3cccc(Oc4ccc5c6ccccc6n(-c6cc(N7c8ccccc8C(C)(C)c8ccccc87)ccn6)c5c4)c3)c3ccccc32)c([2H])c1[2H]. The number of fused-ring (bicyclic) bond motifs is 6. The maximum atomic E-state index is 9.06. The Kier molecular flexibility index (Phi) is 7.25. The Morgan fingerprint density at radius 1 is 0.536 bits per heavy atom. The number of pyridine rings is 1. The summed E-state index contributed by atoms with van der Waals surface area (Å²) in [6.07, 6.45) is 5.32. The fourth-order valence-electron chi connectivity index (χ4n) is 10.1. The number of ether oxygens (including phenoxy) is 1. The van der Waals surface area contributed by atoms with Crippen molar-refractivity contribution in [1.29, 1.82) is 0 Å². The summed E-state index contributed by atoms with van der Waals surface area (Å²) in [7, 11) is 0. The lowest BCUT2D eigenvalue weighted by Crippen LogP contribution is -2.31. The minimum Gasteiger partial charge on any atom is -0.458 e. The van der Waals surface area contributed by atoms with Crippen LogP contribution in [-0.4, -0.2) is 14.1 Å². The number of rotatable bonds is 8. The van der Waals surface area contributed by atoms with Gasteiger partial charge in [0.05, 0.1) is 64.2 Å². The quantitative estimate of drug-likeness (QED) is 0.113. The largest absolute Gasteiger partial charge is 0.458 e. The minimum absolute atomic E-state index is 0.134.